The fraction of sp³-hybridized carbons (Fsp3) is 0.278. The highest BCUT2D eigenvalue weighted by atomic mass is 35.5. The van der Waals surface area contributed by atoms with Crippen LogP contribution in [0.5, 0.6) is 0 Å². The number of hydrogen-bond acceptors (Lipinski definition) is 6. The Balaban J connectivity index is 2.39. The predicted molar refractivity (Wildman–Crippen MR) is 93.0 cm³/mol. The van der Waals surface area contributed by atoms with Crippen molar-refractivity contribution in [3.05, 3.63) is 70.3 Å². The van der Waals surface area contributed by atoms with Gasteiger partial charge < -0.3 is 13.6 Å². The molecule has 1 atom stereocenters. The zero-order valence-corrected chi connectivity index (χ0v) is 14.5. The van der Waals surface area contributed by atoms with Crippen LogP contribution >= 0.6 is 11.6 Å². The van der Waals surface area contributed by atoms with Crippen LogP contribution < -0.4 is 5.82 Å². The van der Waals surface area contributed by atoms with Crippen molar-refractivity contribution in [2.45, 2.75) is 31.6 Å². The van der Waals surface area contributed by atoms with E-state index in [9.17, 15) is 9.59 Å². The van der Waals surface area contributed by atoms with Gasteiger partial charge in [0.1, 0.15) is 12.0 Å². The number of esters is 1. The van der Waals surface area contributed by atoms with E-state index in [0.29, 0.717) is 23.6 Å². The summed E-state index contributed by atoms with van der Waals surface area (Å²) in [6.07, 6.45) is 3.28. The molecule has 0 spiro atoms. The van der Waals surface area contributed by atoms with Crippen molar-refractivity contribution in [3.63, 3.8) is 0 Å². The molecule has 1 N–H and O–H groups in total. The van der Waals surface area contributed by atoms with Crippen molar-refractivity contribution in [2.75, 3.05) is 0 Å². The zero-order valence-electron chi connectivity index (χ0n) is 13.7. The lowest BCUT2D eigenvalue weighted by molar-refractivity contribution is -0.130. The molecule has 0 radical (unpaired) electrons. The molecule has 0 aliphatic heterocycles. The molecule has 6 nitrogen and oxygen atoms in total. The number of halogens is 1. The summed E-state index contributed by atoms with van der Waals surface area (Å²) in [4.78, 5) is 23.0. The number of carbonyl (C=O) groups is 1. The second-order valence-electron chi connectivity index (χ2n) is 5.45. The van der Waals surface area contributed by atoms with Gasteiger partial charge in [-0.25, -0.2) is 9.59 Å². The molecule has 0 saturated heterocycles. The first-order chi connectivity index (χ1) is 11.9. The second-order valence-corrected chi connectivity index (χ2v) is 5.88. The molecule has 1 unspecified atom stereocenters. The molecule has 1 aromatic carbocycles. The van der Waals surface area contributed by atoms with E-state index in [1.165, 1.54) is 6.26 Å². The van der Waals surface area contributed by atoms with Gasteiger partial charge in [0.15, 0.2) is 5.76 Å². The molecule has 0 fully saturated rings. The summed E-state index contributed by atoms with van der Waals surface area (Å²) in [6, 6.07) is 7.11. The van der Waals surface area contributed by atoms with Crippen molar-refractivity contribution >= 4 is 23.3 Å². The minimum atomic E-state index is -0.803. The van der Waals surface area contributed by atoms with Crippen LogP contribution in [0.1, 0.15) is 37.5 Å². The number of hydrogen-bond donors (Lipinski definition) is 1. The first kappa shape index (κ1) is 18.7. The average molecular weight is 364 g/mol. The molecule has 132 valence electrons. The quantitative estimate of drug-likeness (QED) is 0.433. The van der Waals surface area contributed by atoms with Crippen molar-refractivity contribution in [2.24, 2.45) is 0 Å². The van der Waals surface area contributed by atoms with Crippen molar-refractivity contribution in [1.29, 1.82) is 5.41 Å². The predicted octanol–water partition coefficient (Wildman–Crippen LogP) is 4.07. The minimum Gasteiger partial charge on any atom is -0.431 e. The third-order valence-electron chi connectivity index (χ3n) is 4.17. The molecular formula is C18H18ClNO5. The molecule has 0 saturated carbocycles. The van der Waals surface area contributed by atoms with Crippen molar-refractivity contribution < 1.29 is 18.4 Å². The number of carbonyl (C=O) groups excluding carboxylic acids is 1. The Labute approximate surface area is 149 Å². The highest BCUT2D eigenvalue weighted by Gasteiger charge is 2.37. The SMILES string of the molecule is C=COC(=O)C(=N)CCC(CC)(c1ccc(Cl)cc1)c1coc(=O)o1. The average Bonchev–Trinajstić information content (AvgIpc) is 3.04. The van der Waals surface area contributed by atoms with Gasteiger partial charge in [0.25, 0.3) is 0 Å². The molecule has 7 heteroatoms. The van der Waals surface area contributed by atoms with Gasteiger partial charge in [-0.15, -0.1) is 0 Å². The van der Waals surface area contributed by atoms with Crippen molar-refractivity contribution in [1.82, 2.24) is 0 Å². The Morgan fingerprint density at radius 3 is 2.60 bits per heavy atom. The third kappa shape index (κ3) is 4.09. The normalized spacial score (nSPS) is 13.0. The van der Waals surface area contributed by atoms with Crippen LogP contribution in [-0.4, -0.2) is 11.7 Å². The third-order valence-corrected chi connectivity index (χ3v) is 4.42. The van der Waals surface area contributed by atoms with Gasteiger partial charge in [-0.2, -0.15) is 0 Å². The van der Waals surface area contributed by atoms with Gasteiger partial charge in [-0.3, -0.25) is 5.41 Å². The maximum atomic E-state index is 11.6. The molecular weight excluding hydrogens is 346 g/mol. The van der Waals surface area contributed by atoms with Crippen LogP contribution in [0.15, 0.2) is 57.0 Å². The first-order valence-electron chi connectivity index (χ1n) is 7.67. The van der Waals surface area contributed by atoms with Gasteiger partial charge in [-0.05, 0) is 37.0 Å². The Kier molecular flexibility index (Phi) is 5.98. The van der Waals surface area contributed by atoms with Gasteiger partial charge in [0.2, 0.25) is 0 Å². The summed E-state index contributed by atoms with van der Waals surface area (Å²) in [6.45, 7) is 5.22. The Hall–Kier alpha value is -2.60. The standard InChI is InChI=1S/C18H18ClNO5/c1-3-18(15-11-24-17(22)25-15,12-5-7-13(19)8-6-12)10-9-14(20)16(21)23-4-2/h4-8,11,20H,2-3,9-10H2,1H3. The highest BCUT2D eigenvalue weighted by Crippen LogP contribution is 2.40. The molecule has 0 aliphatic carbocycles. The summed E-state index contributed by atoms with van der Waals surface area (Å²) in [5.74, 6) is -1.22. The van der Waals surface area contributed by atoms with Crippen molar-refractivity contribution in [3.8, 4) is 0 Å². The maximum absolute atomic E-state index is 11.6. The fourth-order valence-electron chi connectivity index (χ4n) is 2.77. The van der Waals surface area contributed by atoms with E-state index in [2.05, 4.69) is 11.3 Å². The zero-order chi connectivity index (χ0) is 18.4. The molecule has 1 aromatic heterocycles. The molecule has 25 heavy (non-hydrogen) atoms. The lowest BCUT2D eigenvalue weighted by Crippen LogP contribution is -2.29. The van der Waals surface area contributed by atoms with Gasteiger partial charge in [0.05, 0.1) is 11.7 Å². The molecule has 1 heterocycles. The Morgan fingerprint density at radius 1 is 1.40 bits per heavy atom. The summed E-state index contributed by atoms with van der Waals surface area (Å²) in [5.41, 5.74) is -0.0938. The largest absolute Gasteiger partial charge is 0.518 e. The van der Waals surface area contributed by atoms with Crippen LogP contribution in [0.25, 0.3) is 0 Å². The minimum absolute atomic E-state index is 0.123. The summed E-state index contributed by atoms with van der Waals surface area (Å²) in [5, 5.41) is 8.43. The van der Waals surface area contributed by atoms with Gasteiger partial charge in [0, 0.05) is 5.02 Å². The highest BCUT2D eigenvalue weighted by molar-refractivity contribution is 6.35. The molecule has 2 aromatic rings. The maximum Gasteiger partial charge on any atom is 0.518 e. The van der Waals surface area contributed by atoms with Gasteiger partial charge >= 0.3 is 11.8 Å². The van der Waals surface area contributed by atoms with E-state index in [1.807, 2.05) is 19.1 Å². The summed E-state index contributed by atoms with van der Waals surface area (Å²) in [7, 11) is 0. The first-order valence-corrected chi connectivity index (χ1v) is 8.05. The van der Waals surface area contributed by atoms with Crippen LogP contribution in [-0.2, 0) is 14.9 Å². The number of rotatable bonds is 8. The lowest BCUT2D eigenvalue weighted by Gasteiger charge is -2.30. The summed E-state index contributed by atoms with van der Waals surface area (Å²) >= 11 is 5.96. The lowest BCUT2D eigenvalue weighted by atomic mass is 9.72. The fourth-order valence-corrected chi connectivity index (χ4v) is 2.90. The molecule has 2 rings (SSSR count). The Bertz CT molecular complexity index is 820. The van der Waals surface area contributed by atoms with E-state index in [-0.39, 0.29) is 12.1 Å². The second kappa shape index (κ2) is 7.98. The van der Waals surface area contributed by atoms with E-state index < -0.39 is 17.2 Å². The number of benzene rings is 1. The monoisotopic (exact) mass is 363 g/mol. The van der Waals surface area contributed by atoms with Crippen LogP contribution in [0.2, 0.25) is 5.02 Å². The van der Waals surface area contributed by atoms with Crippen LogP contribution in [0.3, 0.4) is 0 Å². The van der Waals surface area contributed by atoms with E-state index in [1.54, 1.807) is 12.1 Å². The van der Waals surface area contributed by atoms with E-state index >= 15 is 0 Å². The van der Waals surface area contributed by atoms with Crippen LogP contribution in [0.4, 0.5) is 0 Å². The topological polar surface area (TPSA) is 93.5 Å². The van der Waals surface area contributed by atoms with Crippen LogP contribution in [0, 0.1) is 5.41 Å². The molecule has 0 aliphatic rings. The summed E-state index contributed by atoms with van der Waals surface area (Å²) < 4.78 is 14.6. The molecule has 0 bridgehead atoms. The van der Waals surface area contributed by atoms with Gasteiger partial charge in [-0.1, -0.05) is 37.2 Å². The number of nitrogens with one attached hydrogen (secondary N) is 1. The van der Waals surface area contributed by atoms with E-state index in [0.717, 1.165) is 11.8 Å². The van der Waals surface area contributed by atoms with E-state index in [4.69, 9.17) is 25.8 Å². The smallest absolute Gasteiger partial charge is 0.431 e. The molecule has 0 amide bonds. The number of ether oxygens (including phenoxy) is 1. The Morgan fingerprint density at radius 2 is 2.08 bits per heavy atom.